The van der Waals surface area contributed by atoms with Gasteiger partial charge in [0.1, 0.15) is 12.4 Å². The summed E-state index contributed by atoms with van der Waals surface area (Å²) in [5.74, 6) is 1.82. The van der Waals surface area contributed by atoms with Gasteiger partial charge in [-0.1, -0.05) is 6.92 Å². The fourth-order valence-corrected chi connectivity index (χ4v) is 3.19. The van der Waals surface area contributed by atoms with Crippen molar-refractivity contribution in [1.82, 2.24) is 4.72 Å². The average Bonchev–Trinajstić information content (AvgIpc) is 2.39. The van der Waals surface area contributed by atoms with Crippen molar-refractivity contribution in [3.8, 4) is 5.75 Å². The third-order valence-electron chi connectivity index (χ3n) is 2.60. The first-order valence-electron chi connectivity index (χ1n) is 6.37. The number of hydrogen-bond donors (Lipinski definition) is 2. The standard InChI is InChI=1S/C13H22N2O3S2/c1-11(10-19-2)9-15-20(16,17)8-7-18-13-5-3-12(14)4-6-13/h3-6,11,15H,7-10,14H2,1-2H3. The van der Waals surface area contributed by atoms with E-state index >= 15 is 0 Å². The number of nitrogens with one attached hydrogen (secondary N) is 1. The molecule has 0 fully saturated rings. The molecule has 0 spiro atoms. The lowest BCUT2D eigenvalue weighted by Crippen LogP contribution is -2.33. The highest BCUT2D eigenvalue weighted by Gasteiger charge is 2.12. The highest BCUT2D eigenvalue weighted by molar-refractivity contribution is 7.98. The van der Waals surface area contributed by atoms with Crippen LogP contribution < -0.4 is 15.2 Å². The van der Waals surface area contributed by atoms with Gasteiger partial charge in [0.05, 0.1) is 5.75 Å². The van der Waals surface area contributed by atoms with E-state index in [1.54, 1.807) is 36.0 Å². The molecule has 0 saturated carbocycles. The SMILES string of the molecule is CSCC(C)CNS(=O)(=O)CCOc1ccc(N)cc1. The number of ether oxygens (including phenoxy) is 1. The van der Waals surface area contributed by atoms with E-state index in [1.165, 1.54) is 0 Å². The zero-order chi connectivity index (χ0) is 15.0. The maximum absolute atomic E-state index is 11.8. The molecule has 1 aromatic carbocycles. The molecule has 20 heavy (non-hydrogen) atoms. The second-order valence-corrected chi connectivity index (χ2v) is 7.48. The van der Waals surface area contributed by atoms with Crippen LogP contribution in [-0.2, 0) is 10.0 Å². The summed E-state index contributed by atoms with van der Waals surface area (Å²) in [7, 11) is -3.28. The Morgan fingerprint density at radius 1 is 1.35 bits per heavy atom. The van der Waals surface area contributed by atoms with Crippen LogP contribution in [-0.4, -0.2) is 39.3 Å². The Hall–Kier alpha value is -0.920. The molecule has 0 saturated heterocycles. The number of sulfonamides is 1. The van der Waals surface area contributed by atoms with Crippen molar-refractivity contribution in [2.45, 2.75) is 6.92 Å². The summed E-state index contributed by atoms with van der Waals surface area (Å²) in [6.07, 6.45) is 2.01. The van der Waals surface area contributed by atoms with Gasteiger partial charge >= 0.3 is 0 Å². The molecular weight excluding hydrogens is 296 g/mol. The molecule has 1 unspecified atom stereocenters. The van der Waals surface area contributed by atoms with Gasteiger partial charge in [-0.15, -0.1) is 0 Å². The molecule has 1 atom stereocenters. The van der Waals surface area contributed by atoms with Crippen LogP contribution in [0.1, 0.15) is 6.92 Å². The van der Waals surface area contributed by atoms with Gasteiger partial charge in [0.2, 0.25) is 10.0 Å². The third-order valence-corrected chi connectivity index (χ3v) is 4.82. The summed E-state index contributed by atoms with van der Waals surface area (Å²) in [5.41, 5.74) is 6.20. The van der Waals surface area contributed by atoms with Gasteiger partial charge in [-0.05, 0) is 42.2 Å². The predicted octanol–water partition coefficient (Wildman–Crippen LogP) is 1.57. The van der Waals surface area contributed by atoms with Crippen LogP contribution in [0.5, 0.6) is 5.75 Å². The van der Waals surface area contributed by atoms with Crippen molar-refractivity contribution in [3.63, 3.8) is 0 Å². The molecule has 0 heterocycles. The van der Waals surface area contributed by atoms with E-state index in [1.807, 2.05) is 13.2 Å². The number of nitrogens with two attached hydrogens (primary N) is 1. The minimum atomic E-state index is -3.28. The minimum absolute atomic E-state index is 0.0522. The highest BCUT2D eigenvalue weighted by atomic mass is 32.2. The number of thioether (sulfide) groups is 1. The van der Waals surface area contributed by atoms with Crippen molar-refractivity contribution in [1.29, 1.82) is 0 Å². The van der Waals surface area contributed by atoms with Crippen LogP contribution in [0.4, 0.5) is 5.69 Å². The van der Waals surface area contributed by atoms with Gasteiger partial charge < -0.3 is 10.5 Å². The average molecular weight is 318 g/mol. The molecule has 1 aromatic rings. The summed E-state index contributed by atoms with van der Waals surface area (Å²) in [5, 5.41) is 0. The Bertz CT molecular complexity index is 489. The molecule has 0 aliphatic rings. The summed E-state index contributed by atoms with van der Waals surface area (Å²) < 4.78 is 31.5. The molecule has 0 aliphatic carbocycles. The van der Waals surface area contributed by atoms with E-state index in [0.717, 1.165) is 5.75 Å². The largest absolute Gasteiger partial charge is 0.492 e. The zero-order valence-electron chi connectivity index (χ0n) is 11.8. The van der Waals surface area contributed by atoms with Gasteiger partial charge in [0, 0.05) is 12.2 Å². The third kappa shape index (κ3) is 7.02. The minimum Gasteiger partial charge on any atom is -0.492 e. The Morgan fingerprint density at radius 3 is 2.60 bits per heavy atom. The van der Waals surface area contributed by atoms with Crippen molar-refractivity contribution in [3.05, 3.63) is 24.3 Å². The lowest BCUT2D eigenvalue weighted by molar-refractivity contribution is 0.340. The van der Waals surface area contributed by atoms with Crippen LogP contribution in [0.15, 0.2) is 24.3 Å². The molecule has 0 amide bonds. The lowest BCUT2D eigenvalue weighted by atomic mass is 10.2. The first kappa shape index (κ1) is 17.1. The first-order valence-corrected chi connectivity index (χ1v) is 9.42. The summed E-state index contributed by atoms with van der Waals surface area (Å²) in [4.78, 5) is 0. The Kier molecular flexibility index (Phi) is 7.18. The first-order chi connectivity index (χ1) is 9.43. The van der Waals surface area contributed by atoms with Crippen LogP contribution in [0.2, 0.25) is 0 Å². The van der Waals surface area contributed by atoms with Crippen molar-refractivity contribution >= 4 is 27.5 Å². The van der Waals surface area contributed by atoms with Gasteiger partial charge in [-0.25, -0.2) is 13.1 Å². The van der Waals surface area contributed by atoms with E-state index in [2.05, 4.69) is 4.72 Å². The fraction of sp³-hybridized carbons (Fsp3) is 0.538. The second-order valence-electron chi connectivity index (χ2n) is 4.65. The van der Waals surface area contributed by atoms with Crippen LogP contribution in [0.25, 0.3) is 0 Å². The lowest BCUT2D eigenvalue weighted by Gasteiger charge is -2.12. The number of nitrogen functional groups attached to an aromatic ring is 1. The molecule has 1 rings (SSSR count). The molecule has 0 aromatic heterocycles. The van der Waals surface area contributed by atoms with Crippen LogP contribution >= 0.6 is 11.8 Å². The monoisotopic (exact) mass is 318 g/mol. The molecule has 0 bridgehead atoms. The Labute approximate surface area is 125 Å². The smallest absolute Gasteiger partial charge is 0.214 e. The zero-order valence-corrected chi connectivity index (χ0v) is 13.5. The number of anilines is 1. The van der Waals surface area contributed by atoms with Gasteiger partial charge in [-0.2, -0.15) is 11.8 Å². The Balaban J connectivity index is 2.30. The molecule has 0 radical (unpaired) electrons. The molecule has 114 valence electrons. The number of benzene rings is 1. The van der Waals surface area contributed by atoms with E-state index in [0.29, 0.717) is 23.9 Å². The van der Waals surface area contributed by atoms with Gasteiger partial charge in [0.15, 0.2) is 0 Å². The number of rotatable bonds is 9. The molecule has 7 heteroatoms. The summed E-state index contributed by atoms with van der Waals surface area (Å²) in [6, 6.07) is 6.87. The summed E-state index contributed by atoms with van der Waals surface area (Å²) >= 11 is 1.71. The van der Waals surface area contributed by atoms with E-state index in [4.69, 9.17) is 10.5 Å². The fourth-order valence-electron chi connectivity index (χ4n) is 1.52. The molecule has 5 nitrogen and oxygen atoms in total. The van der Waals surface area contributed by atoms with E-state index < -0.39 is 10.0 Å². The quantitative estimate of drug-likeness (QED) is 0.675. The summed E-state index contributed by atoms with van der Waals surface area (Å²) in [6.45, 7) is 2.60. The maximum Gasteiger partial charge on any atom is 0.214 e. The van der Waals surface area contributed by atoms with Crippen molar-refractivity contribution in [2.24, 2.45) is 5.92 Å². The highest BCUT2D eigenvalue weighted by Crippen LogP contribution is 2.12. The normalized spacial score (nSPS) is 13.1. The van der Waals surface area contributed by atoms with Crippen LogP contribution in [0.3, 0.4) is 0 Å². The van der Waals surface area contributed by atoms with Gasteiger partial charge in [-0.3, -0.25) is 0 Å². The van der Waals surface area contributed by atoms with Crippen molar-refractivity contribution < 1.29 is 13.2 Å². The molecule has 0 aliphatic heterocycles. The van der Waals surface area contributed by atoms with Crippen molar-refractivity contribution in [2.75, 3.05) is 36.6 Å². The predicted molar refractivity (Wildman–Crippen MR) is 85.7 cm³/mol. The topological polar surface area (TPSA) is 81.4 Å². The maximum atomic E-state index is 11.8. The second kappa shape index (κ2) is 8.39. The molecular formula is C13H22N2O3S2. The van der Waals surface area contributed by atoms with Gasteiger partial charge in [0.25, 0.3) is 0 Å². The Morgan fingerprint density at radius 2 is 2.00 bits per heavy atom. The molecule has 3 N–H and O–H groups in total. The van der Waals surface area contributed by atoms with E-state index in [-0.39, 0.29) is 12.4 Å². The van der Waals surface area contributed by atoms with Crippen LogP contribution in [0, 0.1) is 5.92 Å². The van der Waals surface area contributed by atoms with E-state index in [9.17, 15) is 8.42 Å². The number of hydrogen-bond acceptors (Lipinski definition) is 5.